The van der Waals surface area contributed by atoms with Crippen LogP contribution in [0.25, 0.3) is 0 Å². The molecule has 0 saturated heterocycles. The molecule has 0 aromatic rings. The van der Waals surface area contributed by atoms with Gasteiger partial charge in [0.25, 0.3) is 0 Å². The lowest BCUT2D eigenvalue weighted by molar-refractivity contribution is 0.391. The Hall–Kier alpha value is -0.560. The molecule has 58 valence electrons. The Morgan fingerprint density at radius 3 is 2.00 bits per heavy atom. The average Bonchev–Trinajstić information content (AvgIpc) is 1.81. The lowest BCUT2D eigenvalue weighted by atomic mass is 10.2. The molecule has 0 N–H and O–H groups in total. The molecule has 0 aliphatic rings. The zero-order valence-corrected chi connectivity index (χ0v) is 7.39. The van der Waals surface area contributed by atoms with Crippen molar-refractivity contribution in [2.45, 2.75) is 19.9 Å². The first-order valence-electron chi connectivity index (χ1n) is 3.52. The minimum atomic E-state index is 0.380. The number of hydrogen-bond acceptors (Lipinski definition) is 1. The molecule has 0 aliphatic heterocycles. The SMILES string of the molecule is C=CC(C=C(C)C)N(C)C. The minimum Gasteiger partial charge on any atom is -0.300 e. The number of nitrogens with zero attached hydrogens (tertiary/aromatic N) is 1. The summed E-state index contributed by atoms with van der Waals surface area (Å²) in [5.41, 5.74) is 1.33. The molecule has 0 saturated carbocycles. The van der Waals surface area contributed by atoms with Crippen LogP contribution in [0.3, 0.4) is 0 Å². The quantitative estimate of drug-likeness (QED) is 0.541. The van der Waals surface area contributed by atoms with Crippen molar-refractivity contribution in [1.82, 2.24) is 4.90 Å². The van der Waals surface area contributed by atoms with Crippen LogP contribution in [-0.4, -0.2) is 25.0 Å². The topological polar surface area (TPSA) is 3.24 Å². The highest BCUT2D eigenvalue weighted by molar-refractivity contribution is 5.07. The lowest BCUT2D eigenvalue weighted by Gasteiger charge is -2.16. The van der Waals surface area contributed by atoms with Crippen molar-refractivity contribution in [1.29, 1.82) is 0 Å². The second kappa shape index (κ2) is 4.29. The fourth-order valence-electron chi connectivity index (χ4n) is 0.769. The van der Waals surface area contributed by atoms with Crippen molar-refractivity contribution in [3.63, 3.8) is 0 Å². The summed E-state index contributed by atoms with van der Waals surface area (Å²) in [7, 11) is 4.09. The van der Waals surface area contributed by atoms with Gasteiger partial charge in [-0.1, -0.05) is 17.7 Å². The van der Waals surface area contributed by atoms with Crippen LogP contribution in [0, 0.1) is 0 Å². The van der Waals surface area contributed by atoms with Crippen LogP contribution in [0.15, 0.2) is 24.3 Å². The largest absolute Gasteiger partial charge is 0.300 e. The molecule has 0 spiro atoms. The van der Waals surface area contributed by atoms with E-state index in [-0.39, 0.29) is 0 Å². The second-order valence-electron chi connectivity index (χ2n) is 2.93. The van der Waals surface area contributed by atoms with Crippen LogP contribution in [0.5, 0.6) is 0 Å². The van der Waals surface area contributed by atoms with Crippen LogP contribution in [0.4, 0.5) is 0 Å². The maximum absolute atomic E-state index is 3.75. The van der Waals surface area contributed by atoms with E-state index < -0.39 is 0 Å². The van der Waals surface area contributed by atoms with Crippen molar-refractivity contribution in [2.75, 3.05) is 14.1 Å². The van der Waals surface area contributed by atoms with E-state index in [9.17, 15) is 0 Å². The van der Waals surface area contributed by atoms with E-state index >= 15 is 0 Å². The zero-order valence-electron chi connectivity index (χ0n) is 7.39. The van der Waals surface area contributed by atoms with Gasteiger partial charge in [-0.25, -0.2) is 0 Å². The summed E-state index contributed by atoms with van der Waals surface area (Å²) in [6.45, 7) is 7.94. The fourth-order valence-corrected chi connectivity index (χ4v) is 0.769. The smallest absolute Gasteiger partial charge is 0.0455 e. The molecular weight excluding hydrogens is 122 g/mol. The summed E-state index contributed by atoms with van der Waals surface area (Å²) < 4.78 is 0. The number of likely N-dealkylation sites (N-methyl/N-ethyl adjacent to an activating group) is 1. The normalized spacial score (nSPS) is 12.9. The molecule has 10 heavy (non-hydrogen) atoms. The summed E-state index contributed by atoms with van der Waals surface area (Å²) in [5.74, 6) is 0. The summed E-state index contributed by atoms with van der Waals surface area (Å²) in [4.78, 5) is 2.12. The van der Waals surface area contributed by atoms with Gasteiger partial charge in [-0.3, -0.25) is 4.90 Å². The number of allylic oxidation sites excluding steroid dienone is 1. The van der Waals surface area contributed by atoms with Crippen LogP contribution < -0.4 is 0 Å². The van der Waals surface area contributed by atoms with Gasteiger partial charge in [0, 0.05) is 6.04 Å². The first-order valence-corrected chi connectivity index (χ1v) is 3.52. The molecule has 1 atom stereocenters. The van der Waals surface area contributed by atoms with Gasteiger partial charge in [0.1, 0.15) is 0 Å². The first kappa shape index (κ1) is 9.44. The summed E-state index contributed by atoms with van der Waals surface area (Å²) in [6, 6.07) is 0.380. The molecule has 0 heterocycles. The third-order valence-electron chi connectivity index (χ3n) is 1.34. The van der Waals surface area contributed by atoms with Gasteiger partial charge < -0.3 is 0 Å². The molecule has 0 rings (SSSR count). The van der Waals surface area contributed by atoms with Crippen LogP contribution >= 0.6 is 0 Å². The molecule has 0 bridgehead atoms. The van der Waals surface area contributed by atoms with Gasteiger partial charge in [0.2, 0.25) is 0 Å². The highest BCUT2D eigenvalue weighted by Gasteiger charge is 2.00. The van der Waals surface area contributed by atoms with Gasteiger partial charge in [-0.15, -0.1) is 6.58 Å². The fraction of sp³-hybridized carbons (Fsp3) is 0.556. The van der Waals surface area contributed by atoms with Gasteiger partial charge in [0.15, 0.2) is 0 Å². The highest BCUT2D eigenvalue weighted by Crippen LogP contribution is 2.00. The molecular formula is C9H17N. The Morgan fingerprint density at radius 1 is 1.40 bits per heavy atom. The molecule has 0 aromatic heterocycles. The van der Waals surface area contributed by atoms with Crippen LogP contribution in [0.1, 0.15) is 13.8 Å². The van der Waals surface area contributed by atoms with Gasteiger partial charge in [-0.05, 0) is 27.9 Å². The van der Waals surface area contributed by atoms with E-state index in [2.05, 4.69) is 31.4 Å². The molecule has 1 unspecified atom stereocenters. The highest BCUT2D eigenvalue weighted by atomic mass is 15.1. The van der Waals surface area contributed by atoms with E-state index in [4.69, 9.17) is 0 Å². The third-order valence-corrected chi connectivity index (χ3v) is 1.34. The molecule has 0 radical (unpaired) electrons. The minimum absolute atomic E-state index is 0.380. The van der Waals surface area contributed by atoms with Gasteiger partial charge in [-0.2, -0.15) is 0 Å². The summed E-state index contributed by atoms with van der Waals surface area (Å²) in [6.07, 6.45) is 4.12. The molecule has 0 fully saturated rings. The Bertz CT molecular complexity index is 130. The molecule has 0 aliphatic carbocycles. The van der Waals surface area contributed by atoms with Gasteiger partial charge in [0.05, 0.1) is 0 Å². The summed E-state index contributed by atoms with van der Waals surface area (Å²) >= 11 is 0. The summed E-state index contributed by atoms with van der Waals surface area (Å²) in [5, 5.41) is 0. The lowest BCUT2D eigenvalue weighted by Crippen LogP contribution is -2.23. The van der Waals surface area contributed by atoms with Crippen molar-refractivity contribution >= 4 is 0 Å². The monoisotopic (exact) mass is 139 g/mol. The van der Waals surface area contributed by atoms with Crippen molar-refractivity contribution < 1.29 is 0 Å². The standard InChI is InChI=1S/C9H17N/c1-6-9(10(4)5)7-8(2)3/h6-7,9H,1H2,2-5H3. The molecule has 1 heteroatoms. The Balaban J connectivity index is 4.09. The predicted octanol–water partition coefficient (Wildman–Crippen LogP) is 2.07. The first-order chi connectivity index (χ1) is 4.57. The van der Waals surface area contributed by atoms with Gasteiger partial charge >= 0.3 is 0 Å². The predicted molar refractivity (Wildman–Crippen MR) is 47.1 cm³/mol. The van der Waals surface area contributed by atoms with Crippen LogP contribution in [-0.2, 0) is 0 Å². The van der Waals surface area contributed by atoms with E-state index in [1.807, 2.05) is 20.2 Å². The van der Waals surface area contributed by atoms with E-state index in [1.165, 1.54) is 5.57 Å². The van der Waals surface area contributed by atoms with E-state index in [0.717, 1.165) is 0 Å². The molecule has 0 amide bonds. The van der Waals surface area contributed by atoms with Crippen molar-refractivity contribution in [3.05, 3.63) is 24.3 Å². The van der Waals surface area contributed by atoms with Crippen LogP contribution in [0.2, 0.25) is 0 Å². The zero-order chi connectivity index (χ0) is 8.15. The molecule has 0 aromatic carbocycles. The van der Waals surface area contributed by atoms with E-state index in [1.54, 1.807) is 0 Å². The number of rotatable bonds is 3. The van der Waals surface area contributed by atoms with Crippen molar-refractivity contribution in [2.24, 2.45) is 0 Å². The van der Waals surface area contributed by atoms with E-state index in [0.29, 0.717) is 6.04 Å². The Labute approximate surface area is 64.0 Å². The maximum atomic E-state index is 3.75. The molecule has 1 nitrogen and oxygen atoms in total. The Morgan fingerprint density at radius 2 is 1.90 bits per heavy atom. The second-order valence-corrected chi connectivity index (χ2v) is 2.93. The van der Waals surface area contributed by atoms with Crippen molar-refractivity contribution in [3.8, 4) is 0 Å². The number of hydrogen-bond donors (Lipinski definition) is 0. The Kier molecular flexibility index (Phi) is 4.05. The third kappa shape index (κ3) is 3.46. The average molecular weight is 139 g/mol. The maximum Gasteiger partial charge on any atom is 0.0455 e.